The molecule has 0 unspecified atom stereocenters. The van der Waals surface area contributed by atoms with Gasteiger partial charge in [0.05, 0.1) is 5.52 Å². The van der Waals surface area contributed by atoms with Gasteiger partial charge in [-0.05, 0) is 35.4 Å². The molecule has 0 aliphatic carbocycles. The van der Waals surface area contributed by atoms with Gasteiger partial charge in [-0.15, -0.1) is 0 Å². The van der Waals surface area contributed by atoms with Crippen LogP contribution in [0.3, 0.4) is 0 Å². The number of carbonyl (C=O) groups excluding carboxylic acids is 1. The Balaban J connectivity index is 2.02. The molecule has 0 spiro atoms. The van der Waals surface area contributed by atoms with Crippen LogP contribution in [0, 0.1) is 0 Å². The third kappa shape index (κ3) is 1.76. The number of rotatable bonds is 2. The molecule has 0 radical (unpaired) electrons. The first-order chi connectivity index (χ1) is 10.8. The quantitative estimate of drug-likeness (QED) is 0.575. The second kappa shape index (κ2) is 4.66. The van der Waals surface area contributed by atoms with Gasteiger partial charge < -0.3 is 5.73 Å². The number of carbonyl (C=O) groups is 1. The molecular formula is C17H12N4O. The summed E-state index contributed by atoms with van der Waals surface area (Å²) in [6.45, 7) is 0. The Labute approximate surface area is 126 Å². The molecule has 0 amide bonds. The smallest absolute Gasteiger partial charge is 0.170 e. The number of anilines is 1. The van der Waals surface area contributed by atoms with Crippen molar-refractivity contribution in [1.82, 2.24) is 14.4 Å². The lowest BCUT2D eigenvalue weighted by Crippen LogP contribution is -1.95. The highest BCUT2D eigenvalue weighted by atomic mass is 16.1. The molecule has 1 aromatic carbocycles. The molecule has 4 rings (SSSR count). The maximum atomic E-state index is 11.2. The average molecular weight is 288 g/mol. The number of aromatic nitrogens is 3. The van der Waals surface area contributed by atoms with Crippen LogP contribution >= 0.6 is 0 Å². The van der Waals surface area contributed by atoms with Gasteiger partial charge in [0.1, 0.15) is 11.3 Å². The van der Waals surface area contributed by atoms with Crippen molar-refractivity contribution in [3.05, 3.63) is 60.6 Å². The first-order valence-corrected chi connectivity index (χ1v) is 6.85. The number of pyridine rings is 2. The second-order valence-electron chi connectivity index (χ2n) is 5.02. The summed E-state index contributed by atoms with van der Waals surface area (Å²) in [5.41, 5.74) is 9.76. The van der Waals surface area contributed by atoms with Gasteiger partial charge in [0.15, 0.2) is 12.1 Å². The maximum absolute atomic E-state index is 11.2. The summed E-state index contributed by atoms with van der Waals surface area (Å²) in [4.78, 5) is 19.8. The minimum atomic E-state index is 0.242. The SMILES string of the molecule is Nc1nc2ccc(-c3ccnc4ccccc34)cn2c1C=O. The molecule has 0 atom stereocenters. The summed E-state index contributed by atoms with van der Waals surface area (Å²) in [6, 6.07) is 13.7. The van der Waals surface area contributed by atoms with E-state index in [0.717, 1.165) is 28.3 Å². The standard InChI is InChI=1S/C17H12N4O/c18-17-15(10-22)21-9-11(5-6-16(21)20-17)12-7-8-19-14-4-2-1-3-13(12)14/h1-10H,18H2. The number of benzene rings is 1. The molecule has 0 saturated carbocycles. The van der Waals surface area contributed by atoms with Gasteiger partial charge in [0, 0.05) is 17.8 Å². The number of imidazole rings is 1. The van der Waals surface area contributed by atoms with E-state index in [4.69, 9.17) is 5.73 Å². The lowest BCUT2D eigenvalue weighted by molar-refractivity contribution is 0.111. The fourth-order valence-corrected chi connectivity index (χ4v) is 2.71. The first kappa shape index (κ1) is 12.5. The van der Waals surface area contributed by atoms with E-state index < -0.39 is 0 Å². The van der Waals surface area contributed by atoms with Crippen molar-refractivity contribution >= 4 is 28.7 Å². The van der Waals surface area contributed by atoms with Crippen molar-refractivity contribution < 1.29 is 4.79 Å². The Morgan fingerprint density at radius 1 is 1.09 bits per heavy atom. The van der Waals surface area contributed by atoms with E-state index >= 15 is 0 Å². The molecule has 0 aliphatic heterocycles. The first-order valence-electron chi connectivity index (χ1n) is 6.85. The Hall–Kier alpha value is -3.21. The van der Waals surface area contributed by atoms with Crippen LogP contribution in [0.4, 0.5) is 5.82 Å². The van der Waals surface area contributed by atoms with Gasteiger partial charge in [0.25, 0.3) is 0 Å². The number of hydrogen-bond donors (Lipinski definition) is 1. The van der Waals surface area contributed by atoms with Crippen LogP contribution in [0.25, 0.3) is 27.7 Å². The monoisotopic (exact) mass is 288 g/mol. The molecule has 106 valence electrons. The molecule has 4 aromatic rings. The number of hydrogen-bond acceptors (Lipinski definition) is 4. The molecule has 0 aliphatic rings. The molecule has 3 heterocycles. The summed E-state index contributed by atoms with van der Waals surface area (Å²) < 4.78 is 1.72. The number of nitrogens with zero attached hydrogens (tertiary/aromatic N) is 3. The molecular weight excluding hydrogens is 276 g/mol. The molecule has 3 aromatic heterocycles. The van der Waals surface area contributed by atoms with E-state index in [0.29, 0.717) is 11.3 Å². The van der Waals surface area contributed by atoms with Crippen molar-refractivity contribution in [1.29, 1.82) is 0 Å². The molecule has 5 nitrogen and oxygen atoms in total. The highest BCUT2D eigenvalue weighted by molar-refractivity contribution is 5.94. The Bertz CT molecular complexity index is 1010. The van der Waals surface area contributed by atoms with Crippen molar-refractivity contribution in [2.75, 3.05) is 5.73 Å². The summed E-state index contributed by atoms with van der Waals surface area (Å²) in [6.07, 6.45) is 4.39. The Morgan fingerprint density at radius 2 is 1.95 bits per heavy atom. The molecule has 22 heavy (non-hydrogen) atoms. The summed E-state index contributed by atoms with van der Waals surface area (Å²) in [5, 5.41) is 1.06. The van der Waals surface area contributed by atoms with E-state index in [1.165, 1.54) is 0 Å². The minimum absolute atomic E-state index is 0.242. The van der Waals surface area contributed by atoms with E-state index in [2.05, 4.69) is 9.97 Å². The third-order valence-electron chi connectivity index (χ3n) is 3.76. The van der Waals surface area contributed by atoms with E-state index in [-0.39, 0.29) is 5.82 Å². The van der Waals surface area contributed by atoms with Crippen LogP contribution in [0.5, 0.6) is 0 Å². The lowest BCUT2D eigenvalue weighted by atomic mass is 10.0. The summed E-state index contributed by atoms with van der Waals surface area (Å²) >= 11 is 0. The average Bonchev–Trinajstić information content (AvgIpc) is 2.88. The van der Waals surface area contributed by atoms with Crippen LogP contribution in [-0.4, -0.2) is 20.7 Å². The van der Waals surface area contributed by atoms with Crippen molar-refractivity contribution in [2.24, 2.45) is 0 Å². The predicted octanol–water partition coefficient (Wildman–Crippen LogP) is 2.94. The molecule has 0 fully saturated rings. The van der Waals surface area contributed by atoms with Crippen LogP contribution in [0.1, 0.15) is 10.5 Å². The van der Waals surface area contributed by atoms with Crippen molar-refractivity contribution in [3.63, 3.8) is 0 Å². The minimum Gasteiger partial charge on any atom is -0.382 e. The lowest BCUT2D eigenvalue weighted by Gasteiger charge is -2.07. The van der Waals surface area contributed by atoms with Gasteiger partial charge in [0.2, 0.25) is 0 Å². The zero-order valence-electron chi connectivity index (χ0n) is 11.6. The normalized spacial score (nSPS) is 11.1. The summed E-state index contributed by atoms with van der Waals surface area (Å²) in [7, 11) is 0. The predicted molar refractivity (Wildman–Crippen MR) is 85.7 cm³/mol. The van der Waals surface area contributed by atoms with Crippen LogP contribution < -0.4 is 5.73 Å². The Kier molecular flexibility index (Phi) is 2.66. The molecule has 2 N–H and O–H groups in total. The number of fused-ring (bicyclic) bond motifs is 2. The van der Waals surface area contributed by atoms with E-state index in [1.807, 2.05) is 48.7 Å². The van der Waals surface area contributed by atoms with Gasteiger partial charge >= 0.3 is 0 Å². The second-order valence-corrected chi connectivity index (χ2v) is 5.02. The van der Waals surface area contributed by atoms with Gasteiger partial charge in [-0.1, -0.05) is 18.2 Å². The van der Waals surface area contributed by atoms with Gasteiger partial charge in [-0.25, -0.2) is 4.98 Å². The largest absolute Gasteiger partial charge is 0.382 e. The van der Waals surface area contributed by atoms with Crippen LogP contribution in [0.15, 0.2) is 54.9 Å². The van der Waals surface area contributed by atoms with E-state index in [9.17, 15) is 4.79 Å². The zero-order valence-corrected chi connectivity index (χ0v) is 11.6. The van der Waals surface area contributed by atoms with Gasteiger partial charge in [-0.2, -0.15) is 0 Å². The number of para-hydroxylation sites is 1. The highest BCUT2D eigenvalue weighted by Gasteiger charge is 2.11. The van der Waals surface area contributed by atoms with Crippen molar-refractivity contribution in [3.8, 4) is 11.1 Å². The molecule has 0 saturated heterocycles. The number of aldehydes is 1. The highest BCUT2D eigenvalue weighted by Crippen LogP contribution is 2.28. The third-order valence-corrected chi connectivity index (χ3v) is 3.76. The van der Waals surface area contributed by atoms with Crippen LogP contribution in [0.2, 0.25) is 0 Å². The fraction of sp³-hybridized carbons (Fsp3) is 0. The fourth-order valence-electron chi connectivity index (χ4n) is 2.71. The summed E-state index contributed by atoms with van der Waals surface area (Å²) in [5.74, 6) is 0.242. The van der Waals surface area contributed by atoms with Crippen molar-refractivity contribution in [2.45, 2.75) is 0 Å². The van der Waals surface area contributed by atoms with Crippen LogP contribution in [-0.2, 0) is 0 Å². The number of nitrogen functional groups attached to an aromatic ring is 1. The molecule has 5 heteroatoms. The maximum Gasteiger partial charge on any atom is 0.170 e. The zero-order chi connectivity index (χ0) is 15.1. The molecule has 0 bridgehead atoms. The Morgan fingerprint density at radius 3 is 2.82 bits per heavy atom. The topological polar surface area (TPSA) is 73.3 Å². The van der Waals surface area contributed by atoms with E-state index in [1.54, 1.807) is 10.6 Å². The van der Waals surface area contributed by atoms with Gasteiger partial charge in [-0.3, -0.25) is 14.2 Å². The number of nitrogens with two attached hydrogens (primary N) is 1.